The Bertz CT molecular complexity index is 951. The number of aromatic nitrogens is 2. The van der Waals surface area contributed by atoms with Crippen molar-refractivity contribution in [3.63, 3.8) is 0 Å². The van der Waals surface area contributed by atoms with Crippen LogP contribution in [-0.4, -0.2) is 22.6 Å². The van der Waals surface area contributed by atoms with Gasteiger partial charge in [0.25, 0.3) is 5.56 Å². The summed E-state index contributed by atoms with van der Waals surface area (Å²) < 4.78 is 6.32. The highest BCUT2D eigenvalue weighted by Gasteiger charge is 2.09. The molecular weight excluding hydrogens is 330 g/mol. The van der Waals surface area contributed by atoms with Crippen molar-refractivity contribution in [1.82, 2.24) is 9.55 Å². The summed E-state index contributed by atoms with van der Waals surface area (Å²) in [5.41, 5.74) is 0.829. The Labute approximate surface area is 142 Å². The van der Waals surface area contributed by atoms with Crippen LogP contribution in [0.15, 0.2) is 53.6 Å². The van der Waals surface area contributed by atoms with E-state index in [0.717, 1.165) is 0 Å². The molecule has 0 unspecified atom stereocenters. The molecular formula is C17H14ClN3O3. The van der Waals surface area contributed by atoms with Crippen LogP contribution in [0, 0.1) is 0 Å². The second-order valence-electron chi connectivity index (χ2n) is 5.12. The summed E-state index contributed by atoms with van der Waals surface area (Å²) in [5, 5.41) is 3.64. The van der Waals surface area contributed by atoms with Crippen LogP contribution in [-0.2, 0) is 11.3 Å². The fraction of sp³-hybridized carbons (Fsp3) is 0.118. The first kappa shape index (κ1) is 16.0. The maximum atomic E-state index is 12.4. The fourth-order valence-corrected chi connectivity index (χ4v) is 2.44. The summed E-state index contributed by atoms with van der Waals surface area (Å²) >= 11 is 5.89. The fourth-order valence-electron chi connectivity index (χ4n) is 2.27. The number of nitrogens with zero attached hydrogens (tertiary/aromatic N) is 2. The van der Waals surface area contributed by atoms with Gasteiger partial charge in [-0.1, -0.05) is 11.6 Å². The summed E-state index contributed by atoms with van der Waals surface area (Å²) in [6, 6.07) is 11.8. The zero-order valence-corrected chi connectivity index (χ0v) is 13.6. The van der Waals surface area contributed by atoms with Crippen LogP contribution in [0.4, 0.5) is 5.69 Å². The molecule has 1 aromatic heterocycles. The van der Waals surface area contributed by atoms with E-state index in [-0.39, 0.29) is 18.0 Å². The maximum absolute atomic E-state index is 12.4. The van der Waals surface area contributed by atoms with Crippen LogP contribution in [0.25, 0.3) is 10.9 Å². The van der Waals surface area contributed by atoms with Gasteiger partial charge in [-0.25, -0.2) is 4.98 Å². The van der Waals surface area contributed by atoms with E-state index < -0.39 is 0 Å². The molecule has 0 saturated heterocycles. The highest BCUT2D eigenvalue weighted by Crippen LogP contribution is 2.15. The highest BCUT2D eigenvalue weighted by atomic mass is 35.5. The van der Waals surface area contributed by atoms with Gasteiger partial charge in [0.15, 0.2) is 0 Å². The molecule has 1 amide bonds. The first-order chi connectivity index (χ1) is 11.6. The summed E-state index contributed by atoms with van der Waals surface area (Å²) in [5.74, 6) is 0.374. The van der Waals surface area contributed by atoms with E-state index in [1.54, 1.807) is 49.6 Å². The number of nitrogens with one attached hydrogen (secondary N) is 1. The molecule has 7 heteroatoms. The van der Waals surface area contributed by atoms with Gasteiger partial charge in [-0.15, -0.1) is 0 Å². The van der Waals surface area contributed by atoms with Gasteiger partial charge < -0.3 is 10.1 Å². The Morgan fingerprint density at radius 2 is 2.00 bits per heavy atom. The van der Waals surface area contributed by atoms with Crippen LogP contribution >= 0.6 is 11.6 Å². The number of halogens is 1. The third-order valence-corrected chi connectivity index (χ3v) is 3.71. The number of carbonyl (C=O) groups excluding carboxylic acids is 1. The number of amides is 1. The lowest BCUT2D eigenvalue weighted by molar-refractivity contribution is -0.116. The number of hydrogen-bond donors (Lipinski definition) is 1. The Morgan fingerprint density at radius 1 is 1.25 bits per heavy atom. The molecule has 0 radical (unpaired) electrons. The van der Waals surface area contributed by atoms with E-state index in [1.807, 2.05) is 0 Å². The first-order valence-corrected chi connectivity index (χ1v) is 7.53. The summed E-state index contributed by atoms with van der Waals surface area (Å²) in [6.07, 6.45) is 1.34. The minimum atomic E-state index is -0.322. The monoisotopic (exact) mass is 343 g/mol. The minimum absolute atomic E-state index is 0.129. The van der Waals surface area contributed by atoms with E-state index >= 15 is 0 Å². The molecule has 1 N–H and O–H groups in total. The van der Waals surface area contributed by atoms with Gasteiger partial charge in [0.1, 0.15) is 12.3 Å². The molecule has 0 spiro atoms. The molecule has 0 bridgehead atoms. The van der Waals surface area contributed by atoms with Gasteiger partial charge in [0.2, 0.25) is 5.91 Å². The lowest BCUT2D eigenvalue weighted by atomic mass is 10.2. The standard InChI is InChI=1S/C17H14ClN3O3/c1-24-13-5-3-12(4-6-13)20-16(22)9-21-10-19-15-8-11(18)2-7-14(15)17(21)23/h2-8,10H,9H2,1H3,(H,20,22). The molecule has 2 aromatic carbocycles. The summed E-state index contributed by atoms with van der Waals surface area (Å²) in [4.78, 5) is 28.7. The van der Waals surface area contributed by atoms with E-state index in [2.05, 4.69) is 10.3 Å². The number of rotatable bonds is 4. The average molecular weight is 344 g/mol. The van der Waals surface area contributed by atoms with Crippen LogP contribution in [0.3, 0.4) is 0 Å². The van der Waals surface area contributed by atoms with Crippen molar-refractivity contribution >= 4 is 34.1 Å². The molecule has 0 fully saturated rings. The van der Waals surface area contributed by atoms with Crippen molar-refractivity contribution in [3.8, 4) is 5.75 Å². The molecule has 3 rings (SSSR count). The molecule has 3 aromatic rings. The van der Waals surface area contributed by atoms with Gasteiger partial charge in [-0.2, -0.15) is 0 Å². The Kier molecular flexibility index (Phi) is 4.48. The van der Waals surface area contributed by atoms with Gasteiger partial charge in [0, 0.05) is 10.7 Å². The Morgan fingerprint density at radius 3 is 2.71 bits per heavy atom. The topological polar surface area (TPSA) is 73.2 Å². The minimum Gasteiger partial charge on any atom is -0.497 e. The molecule has 0 saturated carbocycles. The van der Waals surface area contributed by atoms with Crippen LogP contribution in [0.5, 0.6) is 5.75 Å². The van der Waals surface area contributed by atoms with Crippen molar-refractivity contribution < 1.29 is 9.53 Å². The Balaban J connectivity index is 1.78. The zero-order valence-electron chi connectivity index (χ0n) is 12.8. The second kappa shape index (κ2) is 6.72. The predicted molar refractivity (Wildman–Crippen MR) is 92.6 cm³/mol. The van der Waals surface area contributed by atoms with Crippen molar-refractivity contribution in [1.29, 1.82) is 0 Å². The number of hydrogen-bond acceptors (Lipinski definition) is 4. The number of carbonyl (C=O) groups is 1. The lowest BCUT2D eigenvalue weighted by Gasteiger charge is -2.08. The third-order valence-electron chi connectivity index (χ3n) is 3.47. The van der Waals surface area contributed by atoms with E-state index in [0.29, 0.717) is 27.4 Å². The molecule has 0 aliphatic heterocycles. The van der Waals surface area contributed by atoms with Gasteiger partial charge in [-0.3, -0.25) is 14.2 Å². The maximum Gasteiger partial charge on any atom is 0.261 e. The van der Waals surface area contributed by atoms with E-state index in [9.17, 15) is 9.59 Å². The summed E-state index contributed by atoms with van der Waals surface area (Å²) in [6.45, 7) is -0.129. The van der Waals surface area contributed by atoms with Gasteiger partial charge >= 0.3 is 0 Å². The quantitative estimate of drug-likeness (QED) is 0.790. The number of anilines is 1. The van der Waals surface area contributed by atoms with Crippen molar-refractivity contribution in [3.05, 3.63) is 64.2 Å². The predicted octanol–water partition coefficient (Wildman–Crippen LogP) is 2.70. The van der Waals surface area contributed by atoms with Crippen molar-refractivity contribution in [2.75, 3.05) is 12.4 Å². The molecule has 0 aliphatic rings. The van der Waals surface area contributed by atoms with Crippen LogP contribution in [0.1, 0.15) is 0 Å². The van der Waals surface area contributed by atoms with Crippen molar-refractivity contribution in [2.24, 2.45) is 0 Å². The Hall–Kier alpha value is -2.86. The smallest absolute Gasteiger partial charge is 0.261 e. The average Bonchev–Trinajstić information content (AvgIpc) is 2.58. The SMILES string of the molecule is COc1ccc(NC(=O)Cn2cnc3cc(Cl)ccc3c2=O)cc1. The first-order valence-electron chi connectivity index (χ1n) is 7.15. The third kappa shape index (κ3) is 3.38. The normalized spacial score (nSPS) is 10.6. The number of ether oxygens (including phenoxy) is 1. The second-order valence-corrected chi connectivity index (χ2v) is 5.55. The van der Waals surface area contributed by atoms with Crippen LogP contribution in [0.2, 0.25) is 5.02 Å². The van der Waals surface area contributed by atoms with Gasteiger partial charge in [-0.05, 0) is 42.5 Å². The van der Waals surface area contributed by atoms with E-state index in [1.165, 1.54) is 10.9 Å². The number of fused-ring (bicyclic) bond motifs is 1. The van der Waals surface area contributed by atoms with Crippen LogP contribution < -0.4 is 15.6 Å². The highest BCUT2D eigenvalue weighted by molar-refractivity contribution is 6.31. The lowest BCUT2D eigenvalue weighted by Crippen LogP contribution is -2.27. The molecule has 122 valence electrons. The number of methoxy groups -OCH3 is 1. The molecule has 24 heavy (non-hydrogen) atoms. The molecule has 1 heterocycles. The zero-order chi connectivity index (χ0) is 17.1. The molecule has 0 aliphatic carbocycles. The largest absolute Gasteiger partial charge is 0.497 e. The van der Waals surface area contributed by atoms with Gasteiger partial charge in [0.05, 0.1) is 24.3 Å². The molecule has 0 atom stereocenters. The molecule has 6 nitrogen and oxygen atoms in total. The van der Waals surface area contributed by atoms with E-state index in [4.69, 9.17) is 16.3 Å². The van der Waals surface area contributed by atoms with Crippen molar-refractivity contribution in [2.45, 2.75) is 6.54 Å². The number of benzene rings is 2. The summed E-state index contributed by atoms with van der Waals surface area (Å²) in [7, 11) is 1.57.